The summed E-state index contributed by atoms with van der Waals surface area (Å²) < 4.78 is 0. The zero-order chi connectivity index (χ0) is 21.7. The first kappa shape index (κ1) is 24.3. The summed E-state index contributed by atoms with van der Waals surface area (Å²) >= 11 is 3.80. The number of aromatic nitrogens is 1. The third-order valence-electron chi connectivity index (χ3n) is 6.46. The van der Waals surface area contributed by atoms with E-state index >= 15 is 0 Å². The lowest BCUT2D eigenvalue weighted by Crippen LogP contribution is -1.96. The predicted molar refractivity (Wildman–Crippen MR) is 141 cm³/mol. The SMILES string of the molecule is CCCCCCCCc1cc(-c2cccs2)c(CCCCCC(CC)c2cccs2)[nH]1. The maximum absolute atomic E-state index is 3.81. The highest BCUT2D eigenvalue weighted by Gasteiger charge is 2.12. The Morgan fingerprint density at radius 1 is 0.806 bits per heavy atom. The first-order valence-corrected chi connectivity index (χ1v) is 14.4. The molecule has 31 heavy (non-hydrogen) atoms. The van der Waals surface area contributed by atoms with Crippen LogP contribution in [-0.2, 0) is 12.8 Å². The van der Waals surface area contributed by atoms with Gasteiger partial charge in [-0.3, -0.25) is 0 Å². The minimum absolute atomic E-state index is 0.760. The van der Waals surface area contributed by atoms with Crippen molar-refractivity contribution in [2.75, 3.05) is 0 Å². The van der Waals surface area contributed by atoms with E-state index in [9.17, 15) is 0 Å². The van der Waals surface area contributed by atoms with E-state index in [0.717, 1.165) is 5.92 Å². The average molecular weight is 456 g/mol. The Hall–Kier alpha value is -1.32. The van der Waals surface area contributed by atoms with Gasteiger partial charge in [-0.1, -0.05) is 70.9 Å². The van der Waals surface area contributed by atoms with E-state index in [1.807, 2.05) is 22.7 Å². The van der Waals surface area contributed by atoms with Crippen molar-refractivity contribution in [2.45, 2.75) is 103 Å². The summed E-state index contributed by atoms with van der Waals surface area (Å²) in [5.74, 6) is 0.760. The molecule has 0 fully saturated rings. The molecule has 0 saturated carbocycles. The Morgan fingerprint density at radius 3 is 2.29 bits per heavy atom. The maximum Gasteiger partial charge on any atom is 0.0360 e. The molecule has 1 nitrogen and oxygen atoms in total. The van der Waals surface area contributed by atoms with Gasteiger partial charge in [-0.15, -0.1) is 22.7 Å². The number of thiophene rings is 2. The molecule has 3 heteroatoms. The van der Waals surface area contributed by atoms with E-state index in [4.69, 9.17) is 0 Å². The van der Waals surface area contributed by atoms with Gasteiger partial charge in [-0.05, 0) is 73.4 Å². The van der Waals surface area contributed by atoms with Crippen LogP contribution in [0.5, 0.6) is 0 Å². The molecule has 0 aliphatic rings. The standard InChI is InChI=1S/C28H41NS2/c1-3-5-6-7-8-11-16-24-22-25(28-19-14-21-31-28)26(29-24)17-12-9-10-15-23(4-2)27-18-13-20-30-27/h13-14,18-23,29H,3-12,15-17H2,1-2H3. The van der Waals surface area contributed by atoms with Crippen LogP contribution in [0.25, 0.3) is 10.4 Å². The lowest BCUT2D eigenvalue weighted by Gasteiger charge is -2.12. The fraction of sp³-hybridized carbons (Fsp3) is 0.571. The van der Waals surface area contributed by atoms with Crippen molar-refractivity contribution in [1.29, 1.82) is 0 Å². The van der Waals surface area contributed by atoms with Crippen molar-refractivity contribution in [3.05, 3.63) is 57.4 Å². The van der Waals surface area contributed by atoms with Crippen molar-refractivity contribution < 1.29 is 0 Å². The molecule has 1 N–H and O–H groups in total. The summed E-state index contributed by atoms with van der Waals surface area (Å²) in [4.78, 5) is 6.81. The van der Waals surface area contributed by atoms with Crippen LogP contribution in [0.3, 0.4) is 0 Å². The van der Waals surface area contributed by atoms with Gasteiger partial charge in [-0.2, -0.15) is 0 Å². The number of rotatable bonds is 16. The number of unbranched alkanes of at least 4 members (excludes halogenated alkanes) is 7. The number of hydrogen-bond acceptors (Lipinski definition) is 2. The first-order valence-electron chi connectivity index (χ1n) is 12.6. The quantitative estimate of drug-likeness (QED) is 0.207. The number of nitrogens with one attached hydrogen (secondary N) is 1. The number of aryl methyl sites for hydroxylation is 2. The molecule has 0 bridgehead atoms. The molecule has 0 aliphatic carbocycles. The summed E-state index contributed by atoms with van der Waals surface area (Å²) in [6, 6.07) is 11.4. The molecular formula is C28H41NS2. The van der Waals surface area contributed by atoms with Crippen LogP contribution in [0, 0.1) is 0 Å². The molecule has 0 saturated heterocycles. The van der Waals surface area contributed by atoms with Gasteiger partial charge in [0.15, 0.2) is 0 Å². The molecule has 0 aromatic carbocycles. The van der Waals surface area contributed by atoms with Gasteiger partial charge in [0.1, 0.15) is 0 Å². The molecule has 0 amide bonds. The van der Waals surface area contributed by atoms with Crippen LogP contribution in [0.2, 0.25) is 0 Å². The molecule has 3 aromatic rings. The Labute approximate surface area is 198 Å². The zero-order valence-electron chi connectivity index (χ0n) is 19.6. The van der Waals surface area contributed by atoms with E-state index in [1.165, 1.54) is 105 Å². The molecule has 0 radical (unpaired) electrons. The highest BCUT2D eigenvalue weighted by atomic mass is 32.1. The minimum atomic E-state index is 0.760. The number of aromatic amines is 1. The second-order valence-corrected chi connectivity index (χ2v) is 10.8. The number of hydrogen-bond donors (Lipinski definition) is 1. The van der Waals surface area contributed by atoms with Crippen molar-refractivity contribution in [2.24, 2.45) is 0 Å². The van der Waals surface area contributed by atoms with Gasteiger partial charge < -0.3 is 4.98 Å². The Morgan fingerprint density at radius 2 is 1.55 bits per heavy atom. The molecular weight excluding hydrogens is 414 g/mol. The largest absolute Gasteiger partial charge is 0.362 e. The van der Waals surface area contributed by atoms with Crippen LogP contribution < -0.4 is 0 Å². The van der Waals surface area contributed by atoms with E-state index in [0.29, 0.717) is 0 Å². The van der Waals surface area contributed by atoms with Crippen LogP contribution in [0.4, 0.5) is 0 Å². The van der Waals surface area contributed by atoms with Gasteiger partial charge in [0.05, 0.1) is 0 Å². The Balaban J connectivity index is 1.47. The fourth-order valence-electron chi connectivity index (χ4n) is 4.58. The van der Waals surface area contributed by atoms with Crippen LogP contribution in [0.1, 0.15) is 107 Å². The molecule has 3 aromatic heterocycles. The van der Waals surface area contributed by atoms with Crippen molar-refractivity contribution >= 4 is 22.7 Å². The highest BCUT2D eigenvalue weighted by Crippen LogP contribution is 2.32. The van der Waals surface area contributed by atoms with E-state index in [1.54, 1.807) is 4.88 Å². The monoisotopic (exact) mass is 455 g/mol. The maximum atomic E-state index is 3.81. The normalized spacial score (nSPS) is 12.5. The predicted octanol–water partition coefficient (Wildman–Crippen LogP) is 10.0. The van der Waals surface area contributed by atoms with Crippen molar-refractivity contribution in [3.63, 3.8) is 0 Å². The lowest BCUT2D eigenvalue weighted by atomic mass is 9.96. The molecule has 1 atom stereocenters. The second-order valence-electron chi connectivity index (χ2n) is 8.90. The van der Waals surface area contributed by atoms with Crippen LogP contribution >= 0.6 is 22.7 Å². The summed E-state index contributed by atoms with van der Waals surface area (Å²) in [6.45, 7) is 4.63. The lowest BCUT2D eigenvalue weighted by molar-refractivity contribution is 0.550. The van der Waals surface area contributed by atoms with Gasteiger partial charge in [0, 0.05) is 26.7 Å². The minimum Gasteiger partial charge on any atom is -0.362 e. The fourth-order valence-corrected chi connectivity index (χ4v) is 6.30. The summed E-state index contributed by atoms with van der Waals surface area (Å²) in [5, 5.41) is 4.42. The summed E-state index contributed by atoms with van der Waals surface area (Å²) in [7, 11) is 0. The molecule has 170 valence electrons. The Bertz CT molecular complexity index is 813. The third kappa shape index (κ3) is 7.95. The smallest absolute Gasteiger partial charge is 0.0360 e. The van der Waals surface area contributed by atoms with E-state index < -0.39 is 0 Å². The van der Waals surface area contributed by atoms with Crippen molar-refractivity contribution in [1.82, 2.24) is 4.98 Å². The van der Waals surface area contributed by atoms with Crippen molar-refractivity contribution in [3.8, 4) is 10.4 Å². The summed E-state index contributed by atoms with van der Waals surface area (Å²) in [6.07, 6.45) is 17.1. The Kier molecular flexibility index (Phi) is 11.0. The van der Waals surface area contributed by atoms with Gasteiger partial charge in [0.2, 0.25) is 0 Å². The van der Waals surface area contributed by atoms with Gasteiger partial charge in [-0.25, -0.2) is 0 Å². The average Bonchev–Trinajstić information content (AvgIpc) is 3.55. The molecule has 3 heterocycles. The molecule has 1 unspecified atom stereocenters. The highest BCUT2D eigenvalue weighted by molar-refractivity contribution is 7.13. The van der Waals surface area contributed by atoms with Crippen LogP contribution in [-0.4, -0.2) is 4.98 Å². The van der Waals surface area contributed by atoms with Gasteiger partial charge in [0.25, 0.3) is 0 Å². The van der Waals surface area contributed by atoms with E-state index in [-0.39, 0.29) is 0 Å². The topological polar surface area (TPSA) is 15.8 Å². The van der Waals surface area contributed by atoms with Gasteiger partial charge >= 0.3 is 0 Å². The zero-order valence-corrected chi connectivity index (χ0v) is 21.3. The molecule has 3 rings (SSSR count). The molecule has 0 aliphatic heterocycles. The third-order valence-corrected chi connectivity index (χ3v) is 8.40. The van der Waals surface area contributed by atoms with Crippen LogP contribution in [0.15, 0.2) is 41.1 Å². The molecule has 0 spiro atoms. The number of H-pyrrole nitrogens is 1. The van der Waals surface area contributed by atoms with E-state index in [2.05, 4.69) is 59.9 Å². The summed E-state index contributed by atoms with van der Waals surface area (Å²) in [5.41, 5.74) is 4.37. The first-order chi connectivity index (χ1) is 15.3. The second kappa shape index (κ2) is 14.0.